The number of nitrogens with one attached hydrogen (secondary N) is 2. The highest BCUT2D eigenvalue weighted by atomic mass is 35.5. The van der Waals surface area contributed by atoms with E-state index < -0.39 is 0 Å². The van der Waals surface area contributed by atoms with Crippen LogP contribution in [0.3, 0.4) is 0 Å². The van der Waals surface area contributed by atoms with E-state index in [-0.39, 0.29) is 30.7 Å². The van der Waals surface area contributed by atoms with Gasteiger partial charge in [0.1, 0.15) is 0 Å². The molecule has 6 heteroatoms. The van der Waals surface area contributed by atoms with Crippen molar-refractivity contribution in [3.63, 3.8) is 0 Å². The van der Waals surface area contributed by atoms with Crippen molar-refractivity contribution in [1.29, 1.82) is 0 Å². The lowest BCUT2D eigenvalue weighted by Crippen LogP contribution is -2.45. The Labute approximate surface area is 163 Å². The molecule has 0 spiro atoms. The number of hydrogen-bond donors (Lipinski definition) is 2. The van der Waals surface area contributed by atoms with Crippen LogP contribution < -0.4 is 10.6 Å². The van der Waals surface area contributed by atoms with Crippen LogP contribution in [-0.4, -0.2) is 42.5 Å². The van der Waals surface area contributed by atoms with E-state index in [9.17, 15) is 4.79 Å². The Kier molecular flexibility index (Phi) is 9.80. The van der Waals surface area contributed by atoms with Crippen molar-refractivity contribution in [3.05, 3.63) is 35.4 Å². The van der Waals surface area contributed by atoms with Crippen LogP contribution >= 0.6 is 24.8 Å². The summed E-state index contributed by atoms with van der Waals surface area (Å²) in [6.07, 6.45) is 5.12. The third kappa shape index (κ3) is 6.78. The topological polar surface area (TPSA) is 44.4 Å². The van der Waals surface area contributed by atoms with Gasteiger partial charge >= 0.3 is 0 Å². The average Bonchev–Trinajstić information content (AvgIpc) is 3.04. The van der Waals surface area contributed by atoms with Gasteiger partial charge in [0.25, 0.3) is 0 Å². The molecule has 142 valence electrons. The number of hydrogen-bond acceptors (Lipinski definition) is 3. The lowest BCUT2D eigenvalue weighted by molar-refractivity contribution is -0.122. The summed E-state index contributed by atoms with van der Waals surface area (Å²) in [4.78, 5) is 14.6. The molecule has 25 heavy (non-hydrogen) atoms. The van der Waals surface area contributed by atoms with Crippen molar-refractivity contribution in [2.75, 3.05) is 19.6 Å². The molecule has 2 saturated heterocycles. The Balaban J connectivity index is 0.00000156. The molecular weight excluding hydrogens is 357 g/mol. The van der Waals surface area contributed by atoms with E-state index in [0.717, 1.165) is 45.4 Å². The fraction of sp³-hybridized carbons (Fsp3) is 0.632. The highest BCUT2D eigenvalue weighted by Crippen LogP contribution is 2.16. The predicted octanol–water partition coefficient (Wildman–Crippen LogP) is 3.06. The van der Waals surface area contributed by atoms with E-state index in [4.69, 9.17) is 0 Å². The highest BCUT2D eigenvalue weighted by Gasteiger charge is 2.23. The van der Waals surface area contributed by atoms with Crippen molar-refractivity contribution < 1.29 is 4.79 Å². The number of carbonyl (C=O) groups excluding carboxylic acids is 1. The van der Waals surface area contributed by atoms with Gasteiger partial charge in [-0.15, -0.1) is 24.8 Å². The second kappa shape index (κ2) is 11.0. The van der Waals surface area contributed by atoms with Crippen molar-refractivity contribution >= 4 is 30.7 Å². The van der Waals surface area contributed by atoms with E-state index >= 15 is 0 Å². The molecule has 0 radical (unpaired) electrons. The molecule has 0 aromatic heterocycles. The molecular formula is C19H31Cl2N3O. The minimum absolute atomic E-state index is 0. The van der Waals surface area contributed by atoms with E-state index in [1.165, 1.54) is 17.5 Å². The Bertz CT molecular complexity index is 527. The van der Waals surface area contributed by atoms with Crippen LogP contribution in [0.2, 0.25) is 0 Å². The minimum atomic E-state index is 0. The largest absolute Gasteiger partial charge is 0.353 e. The number of carbonyl (C=O) groups is 1. The molecule has 2 fully saturated rings. The van der Waals surface area contributed by atoms with E-state index in [1.54, 1.807) is 0 Å². The normalized spacial score (nSPS) is 21.2. The lowest BCUT2D eigenvalue weighted by Gasteiger charge is -2.32. The summed E-state index contributed by atoms with van der Waals surface area (Å²) in [5, 5.41) is 6.63. The first-order chi connectivity index (χ1) is 11.2. The Morgan fingerprint density at radius 3 is 2.56 bits per heavy atom. The van der Waals surface area contributed by atoms with Gasteiger partial charge < -0.3 is 10.6 Å². The second-order valence-electron chi connectivity index (χ2n) is 7.04. The molecule has 2 aliphatic rings. The van der Waals surface area contributed by atoms with E-state index in [1.807, 2.05) is 0 Å². The maximum absolute atomic E-state index is 12.1. The molecule has 0 saturated carbocycles. The molecule has 2 N–H and O–H groups in total. The molecule has 4 nitrogen and oxygen atoms in total. The second-order valence-corrected chi connectivity index (χ2v) is 7.04. The summed E-state index contributed by atoms with van der Waals surface area (Å²) in [6.45, 7) is 6.41. The number of aryl methyl sites for hydroxylation is 1. The quantitative estimate of drug-likeness (QED) is 0.815. The van der Waals surface area contributed by atoms with E-state index in [0.29, 0.717) is 18.5 Å². The van der Waals surface area contributed by atoms with Gasteiger partial charge in [0.15, 0.2) is 0 Å². The number of rotatable bonds is 5. The first-order valence-corrected chi connectivity index (χ1v) is 9.00. The monoisotopic (exact) mass is 387 g/mol. The van der Waals surface area contributed by atoms with E-state index in [2.05, 4.69) is 46.7 Å². The standard InChI is InChI=1S/C19H29N3O.2ClH/c1-15-5-2-3-6-16(15)14-22-11-8-17(9-12-22)21-19(23)13-18-7-4-10-20-18;;/h2-3,5-6,17-18,20H,4,7-14H2,1H3,(H,21,23);2*1H. The summed E-state index contributed by atoms with van der Waals surface area (Å²) in [5.74, 6) is 0.224. The van der Waals surface area contributed by atoms with Crippen LogP contribution in [0.25, 0.3) is 0 Å². The molecule has 1 amide bonds. The van der Waals surface area contributed by atoms with Gasteiger partial charge in [0.2, 0.25) is 5.91 Å². The Morgan fingerprint density at radius 2 is 1.92 bits per heavy atom. The fourth-order valence-electron chi connectivity index (χ4n) is 3.71. The molecule has 0 bridgehead atoms. The highest BCUT2D eigenvalue weighted by molar-refractivity contribution is 5.85. The molecule has 1 unspecified atom stereocenters. The van der Waals surface area contributed by atoms with Crippen LogP contribution in [0.4, 0.5) is 0 Å². The van der Waals surface area contributed by atoms with Crippen molar-refractivity contribution in [2.24, 2.45) is 0 Å². The molecule has 1 atom stereocenters. The van der Waals surface area contributed by atoms with Gasteiger partial charge in [-0.1, -0.05) is 24.3 Å². The summed E-state index contributed by atoms with van der Waals surface area (Å²) < 4.78 is 0. The zero-order valence-corrected chi connectivity index (χ0v) is 16.6. The van der Waals surface area contributed by atoms with Gasteiger partial charge in [-0.3, -0.25) is 9.69 Å². The first-order valence-electron chi connectivity index (χ1n) is 9.00. The maximum Gasteiger partial charge on any atom is 0.221 e. The zero-order chi connectivity index (χ0) is 16.1. The van der Waals surface area contributed by atoms with Gasteiger partial charge in [-0.05, 0) is 50.3 Å². The molecule has 2 aliphatic heterocycles. The maximum atomic E-state index is 12.1. The zero-order valence-electron chi connectivity index (χ0n) is 15.0. The third-order valence-corrected chi connectivity index (χ3v) is 5.20. The van der Waals surface area contributed by atoms with Crippen molar-refractivity contribution in [2.45, 2.75) is 57.7 Å². The van der Waals surface area contributed by atoms with Crippen molar-refractivity contribution in [3.8, 4) is 0 Å². The molecule has 2 heterocycles. The summed E-state index contributed by atoms with van der Waals surface area (Å²) in [5.41, 5.74) is 2.79. The van der Waals surface area contributed by atoms with Gasteiger partial charge in [0, 0.05) is 38.1 Å². The van der Waals surface area contributed by atoms with Crippen LogP contribution in [0.5, 0.6) is 0 Å². The fourth-order valence-corrected chi connectivity index (χ4v) is 3.71. The summed E-state index contributed by atoms with van der Waals surface area (Å²) in [6, 6.07) is 9.37. The van der Waals surface area contributed by atoms with Crippen molar-refractivity contribution in [1.82, 2.24) is 15.5 Å². The Hall–Kier alpha value is -0.810. The number of nitrogens with zero attached hydrogens (tertiary/aromatic N) is 1. The Morgan fingerprint density at radius 1 is 1.20 bits per heavy atom. The van der Waals surface area contributed by atoms with Crippen LogP contribution in [0, 0.1) is 6.92 Å². The first kappa shape index (κ1) is 22.2. The van der Waals surface area contributed by atoms with Crippen LogP contribution in [-0.2, 0) is 11.3 Å². The van der Waals surface area contributed by atoms with Crippen LogP contribution in [0.1, 0.15) is 43.2 Å². The molecule has 3 rings (SSSR count). The third-order valence-electron chi connectivity index (χ3n) is 5.20. The smallest absolute Gasteiger partial charge is 0.221 e. The molecule has 1 aromatic carbocycles. The SMILES string of the molecule is Cc1ccccc1CN1CCC(NC(=O)CC2CCCN2)CC1.Cl.Cl. The molecule has 0 aliphatic carbocycles. The van der Waals surface area contributed by atoms with Gasteiger partial charge in [-0.25, -0.2) is 0 Å². The lowest BCUT2D eigenvalue weighted by atomic mass is 10.0. The van der Waals surface area contributed by atoms with Gasteiger partial charge in [-0.2, -0.15) is 0 Å². The number of benzene rings is 1. The summed E-state index contributed by atoms with van der Waals surface area (Å²) in [7, 11) is 0. The summed E-state index contributed by atoms with van der Waals surface area (Å²) >= 11 is 0. The average molecular weight is 388 g/mol. The van der Waals surface area contributed by atoms with Gasteiger partial charge in [0.05, 0.1) is 0 Å². The number of piperidine rings is 1. The minimum Gasteiger partial charge on any atom is -0.353 e. The number of halogens is 2. The van der Waals surface area contributed by atoms with Crippen LogP contribution in [0.15, 0.2) is 24.3 Å². The molecule has 1 aromatic rings. The number of amides is 1. The number of likely N-dealkylation sites (tertiary alicyclic amines) is 1. The predicted molar refractivity (Wildman–Crippen MR) is 108 cm³/mol.